The first-order chi connectivity index (χ1) is 7.68. The van der Waals surface area contributed by atoms with E-state index < -0.39 is 8.07 Å². The van der Waals surface area contributed by atoms with Gasteiger partial charge in [0, 0.05) is 0 Å². The minimum absolute atomic E-state index is 0.201. The van der Waals surface area contributed by atoms with Crippen molar-refractivity contribution in [3.05, 3.63) is 41.8 Å². The molecule has 0 bridgehead atoms. The summed E-state index contributed by atoms with van der Waals surface area (Å²) in [5, 5.41) is 0. The lowest BCUT2D eigenvalue weighted by molar-refractivity contribution is 0.481. The Bertz CT molecular complexity index is 377. The van der Waals surface area contributed by atoms with Crippen molar-refractivity contribution in [3.8, 4) is 5.75 Å². The SMILES string of the molecule is CC(C)(C)c1ccc(OC=C[Si](C)(C)C)cc1. The molecule has 0 unspecified atom stereocenters. The quantitative estimate of drug-likeness (QED) is 0.554. The molecule has 0 spiro atoms. The maximum Gasteiger partial charge on any atom is 0.126 e. The van der Waals surface area contributed by atoms with E-state index in [0.29, 0.717) is 0 Å². The van der Waals surface area contributed by atoms with Gasteiger partial charge in [0.15, 0.2) is 0 Å². The van der Waals surface area contributed by atoms with E-state index in [-0.39, 0.29) is 5.41 Å². The van der Waals surface area contributed by atoms with Crippen LogP contribution in [0.3, 0.4) is 0 Å². The molecule has 0 amide bonds. The third-order valence-corrected chi connectivity index (χ3v) is 3.63. The van der Waals surface area contributed by atoms with Crippen LogP contribution in [0.2, 0.25) is 19.6 Å². The van der Waals surface area contributed by atoms with Crippen LogP contribution < -0.4 is 4.74 Å². The van der Waals surface area contributed by atoms with E-state index >= 15 is 0 Å². The highest BCUT2D eigenvalue weighted by Crippen LogP contribution is 2.24. The molecule has 0 saturated heterocycles. The zero-order valence-corrected chi connectivity index (χ0v) is 12.9. The lowest BCUT2D eigenvalue weighted by atomic mass is 9.87. The van der Waals surface area contributed by atoms with Crippen molar-refractivity contribution in [3.63, 3.8) is 0 Å². The van der Waals surface area contributed by atoms with Gasteiger partial charge in [0.05, 0.1) is 14.3 Å². The molecule has 0 aromatic heterocycles. The summed E-state index contributed by atoms with van der Waals surface area (Å²) in [6.45, 7) is 13.5. The molecular formula is C15H24OSi. The highest BCUT2D eigenvalue weighted by atomic mass is 28.3. The highest BCUT2D eigenvalue weighted by Gasteiger charge is 2.12. The van der Waals surface area contributed by atoms with Crippen molar-refractivity contribution in [1.29, 1.82) is 0 Å². The Balaban J connectivity index is 2.67. The molecule has 1 aromatic carbocycles. The summed E-state index contributed by atoms with van der Waals surface area (Å²) in [7, 11) is -1.16. The van der Waals surface area contributed by atoms with Crippen LogP contribution in [0.25, 0.3) is 0 Å². The predicted octanol–water partition coefficient (Wildman–Crippen LogP) is 4.75. The molecule has 0 N–H and O–H groups in total. The van der Waals surface area contributed by atoms with Crippen LogP contribution in [0.5, 0.6) is 5.75 Å². The van der Waals surface area contributed by atoms with Gasteiger partial charge in [-0.1, -0.05) is 58.2 Å². The first-order valence-corrected chi connectivity index (χ1v) is 9.71. The summed E-state index contributed by atoms with van der Waals surface area (Å²) in [6, 6.07) is 8.35. The number of hydrogen-bond acceptors (Lipinski definition) is 1. The van der Waals surface area contributed by atoms with Crippen molar-refractivity contribution in [2.24, 2.45) is 0 Å². The average Bonchev–Trinajstić information content (AvgIpc) is 2.15. The van der Waals surface area contributed by atoms with E-state index in [9.17, 15) is 0 Å². The summed E-state index contributed by atoms with van der Waals surface area (Å²) < 4.78 is 5.60. The van der Waals surface area contributed by atoms with Crippen molar-refractivity contribution in [2.75, 3.05) is 0 Å². The molecular weight excluding hydrogens is 224 g/mol. The molecule has 0 heterocycles. The van der Waals surface area contributed by atoms with Gasteiger partial charge in [0.1, 0.15) is 5.75 Å². The lowest BCUT2D eigenvalue weighted by Gasteiger charge is -2.18. The van der Waals surface area contributed by atoms with Gasteiger partial charge in [-0.15, -0.1) is 0 Å². The Morgan fingerprint density at radius 2 is 1.53 bits per heavy atom. The topological polar surface area (TPSA) is 9.23 Å². The summed E-state index contributed by atoms with van der Waals surface area (Å²) in [4.78, 5) is 0. The Labute approximate surface area is 107 Å². The molecule has 0 radical (unpaired) electrons. The second-order valence-electron chi connectivity index (χ2n) is 6.56. The zero-order chi connectivity index (χ0) is 13.1. The smallest absolute Gasteiger partial charge is 0.126 e. The molecule has 17 heavy (non-hydrogen) atoms. The van der Waals surface area contributed by atoms with Crippen molar-refractivity contribution in [2.45, 2.75) is 45.8 Å². The summed E-state index contributed by atoms with van der Waals surface area (Å²) in [5.41, 5.74) is 3.73. The molecule has 1 rings (SSSR count). The van der Waals surface area contributed by atoms with Crippen LogP contribution in [-0.2, 0) is 5.41 Å². The van der Waals surface area contributed by atoms with Gasteiger partial charge in [-0.25, -0.2) is 0 Å². The zero-order valence-electron chi connectivity index (χ0n) is 11.9. The first kappa shape index (κ1) is 14.0. The maximum absolute atomic E-state index is 5.60. The fraction of sp³-hybridized carbons (Fsp3) is 0.467. The van der Waals surface area contributed by atoms with Crippen molar-refractivity contribution < 1.29 is 4.74 Å². The van der Waals surface area contributed by atoms with E-state index in [1.54, 1.807) is 0 Å². The summed E-state index contributed by atoms with van der Waals surface area (Å²) in [6.07, 6.45) is 1.83. The second kappa shape index (κ2) is 5.09. The standard InChI is InChI=1S/C15H24OSi/c1-15(2,3)13-7-9-14(10-8-13)16-11-12-17(4,5)6/h7-12H,1-6H3. The van der Waals surface area contributed by atoms with Crippen LogP contribution in [0, 0.1) is 0 Å². The van der Waals surface area contributed by atoms with Gasteiger partial charge >= 0.3 is 0 Å². The number of rotatable bonds is 3. The third kappa shape index (κ3) is 5.22. The minimum Gasteiger partial charge on any atom is -0.466 e. The van der Waals surface area contributed by atoms with E-state index in [1.807, 2.05) is 18.4 Å². The van der Waals surface area contributed by atoms with Crippen LogP contribution >= 0.6 is 0 Å². The molecule has 0 saturated carbocycles. The van der Waals surface area contributed by atoms with E-state index in [1.165, 1.54) is 5.56 Å². The fourth-order valence-corrected chi connectivity index (χ4v) is 1.83. The van der Waals surface area contributed by atoms with E-state index in [4.69, 9.17) is 4.74 Å². The molecule has 1 nitrogen and oxygen atoms in total. The van der Waals surface area contributed by atoms with Gasteiger partial charge in [-0.3, -0.25) is 0 Å². The lowest BCUT2D eigenvalue weighted by Crippen LogP contribution is -2.15. The molecule has 0 aliphatic rings. The molecule has 1 aromatic rings. The molecule has 0 fully saturated rings. The van der Waals surface area contributed by atoms with Gasteiger partial charge in [-0.2, -0.15) is 0 Å². The van der Waals surface area contributed by atoms with Crippen LogP contribution in [0.1, 0.15) is 26.3 Å². The fourth-order valence-electron chi connectivity index (χ4n) is 1.35. The van der Waals surface area contributed by atoms with Gasteiger partial charge in [0.25, 0.3) is 0 Å². The molecule has 0 aliphatic heterocycles. The summed E-state index contributed by atoms with van der Waals surface area (Å²) in [5.74, 6) is 0.910. The third-order valence-electron chi connectivity index (χ3n) is 2.49. The molecule has 0 aliphatic carbocycles. The minimum atomic E-state index is -1.16. The number of hydrogen-bond donors (Lipinski definition) is 0. The van der Waals surface area contributed by atoms with Crippen molar-refractivity contribution in [1.82, 2.24) is 0 Å². The second-order valence-corrected chi connectivity index (χ2v) is 11.6. The summed E-state index contributed by atoms with van der Waals surface area (Å²) >= 11 is 0. The number of benzene rings is 1. The van der Waals surface area contributed by atoms with Crippen molar-refractivity contribution >= 4 is 8.07 Å². The largest absolute Gasteiger partial charge is 0.466 e. The van der Waals surface area contributed by atoms with Crippen LogP contribution in [0.15, 0.2) is 36.2 Å². The molecule has 94 valence electrons. The Morgan fingerprint density at radius 1 is 1.00 bits per heavy atom. The monoisotopic (exact) mass is 248 g/mol. The number of ether oxygens (including phenoxy) is 1. The Kier molecular flexibility index (Phi) is 4.20. The molecule has 0 atom stereocenters. The van der Waals surface area contributed by atoms with Crippen LogP contribution in [0.4, 0.5) is 0 Å². The van der Waals surface area contributed by atoms with Crippen LogP contribution in [-0.4, -0.2) is 8.07 Å². The van der Waals surface area contributed by atoms with Gasteiger partial charge in [-0.05, 0) is 23.1 Å². The normalized spacial score (nSPS) is 13.1. The first-order valence-electron chi connectivity index (χ1n) is 6.13. The predicted molar refractivity (Wildman–Crippen MR) is 78.3 cm³/mol. The average molecular weight is 248 g/mol. The van der Waals surface area contributed by atoms with Gasteiger partial charge in [0.2, 0.25) is 0 Å². The van der Waals surface area contributed by atoms with Gasteiger partial charge < -0.3 is 4.74 Å². The maximum atomic E-state index is 5.60. The van der Waals surface area contributed by atoms with E-state index in [2.05, 4.69) is 58.2 Å². The Morgan fingerprint density at radius 3 is 1.94 bits per heavy atom. The Hall–Kier alpha value is -1.02. The molecule has 2 heteroatoms. The highest BCUT2D eigenvalue weighted by molar-refractivity contribution is 6.80. The van der Waals surface area contributed by atoms with E-state index in [0.717, 1.165) is 5.75 Å².